The molecule has 0 aliphatic heterocycles. The number of anilines is 2. The van der Waals surface area contributed by atoms with Crippen LogP contribution in [0, 0.1) is 0 Å². The minimum atomic E-state index is 0.0357. The number of nitrogens with zero attached hydrogens (tertiary/aromatic N) is 2. The van der Waals surface area contributed by atoms with E-state index in [1.807, 2.05) is 30.3 Å². The van der Waals surface area contributed by atoms with E-state index in [0.29, 0.717) is 5.82 Å². The third kappa shape index (κ3) is 2.51. The van der Waals surface area contributed by atoms with Crippen molar-refractivity contribution in [2.24, 2.45) is 0 Å². The number of hydrogen-bond donors (Lipinski definition) is 3. The lowest BCUT2D eigenvalue weighted by Gasteiger charge is -2.06. The number of nitrogens with one attached hydrogen (secondary N) is 1. The maximum absolute atomic E-state index is 8.97. The molecule has 0 aliphatic rings. The van der Waals surface area contributed by atoms with Gasteiger partial charge in [0.2, 0.25) is 5.95 Å². The highest BCUT2D eigenvalue weighted by Gasteiger charge is 2.03. The van der Waals surface area contributed by atoms with E-state index in [9.17, 15) is 0 Å². The maximum Gasteiger partial charge on any atom is 0.222 e. The zero-order valence-electron chi connectivity index (χ0n) is 9.51. The average molecular weight is 230 g/mol. The molecule has 2 rings (SSSR count). The molecule has 1 heterocycles. The first-order valence-corrected chi connectivity index (χ1v) is 5.25. The largest absolute Gasteiger partial charge is 0.392 e. The Bertz CT molecular complexity index is 510. The zero-order chi connectivity index (χ0) is 12.3. The Morgan fingerprint density at radius 2 is 1.94 bits per heavy atom. The van der Waals surface area contributed by atoms with Gasteiger partial charge >= 0.3 is 0 Å². The van der Waals surface area contributed by atoms with Crippen LogP contribution < -0.4 is 11.1 Å². The minimum absolute atomic E-state index is 0.0357. The van der Waals surface area contributed by atoms with Crippen molar-refractivity contribution in [2.45, 2.75) is 6.61 Å². The van der Waals surface area contributed by atoms with Crippen molar-refractivity contribution in [1.82, 2.24) is 9.97 Å². The first kappa shape index (κ1) is 11.3. The van der Waals surface area contributed by atoms with E-state index in [1.54, 1.807) is 7.05 Å². The first-order chi connectivity index (χ1) is 8.22. The number of benzene rings is 1. The molecule has 0 spiro atoms. The minimum Gasteiger partial charge on any atom is -0.392 e. The van der Waals surface area contributed by atoms with Crippen molar-refractivity contribution < 1.29 is 5.11 Å². The molecule has 0 aliphatic carbocycles. The van der Waals surface area contributed by atoms with Gasteiger partial charge in [-0.2, -0.15) is 4.98 Å². The van der Waals surface area contributed by atoms with Crippen LogP contribution in [-0.2, 0) is 6.61 Å². The third-order valence-corrected chi connectivity index (χ3v) is 2.43. The van der Waals surface area contributed by atoms with Crippen LogP contribution in [0.25, 0.3) is 11.3 Å². The van der Waals surface area contributed by atoms with Crippen LogP contribution in [0.1, 0.15) is 5.56 Å². The summed E-state index contributed by atoms with van der Waals surface area (Å²) in [6.45, 7) is 0.0357. The predicted molar refractivity (Wildman–Crippen MR) is 67.3 cm³/mol. The molecule has 0 saturated carbocycles. The highest BCUT2D eigenvalue weighted by atomic mass is 16.3. The summed E-state index contributed by atoms with van der Waals surface area (Å²) in [5, 5.41) is 11.9. The Labute approximate surface area is 99.3 Å². The highest BCUT2D eigenvalue weighted by molar-refractivity contribution is 5.64. The molecule has 0 saturated heterocycles. The van der Waals surface area contributed by atoms with Gasteiger partial charge in [-0.25, -0.2) is 4.98 Å². The van der Waals surface area contributed by atoms with Crippen LogP contribution in [0.5, 0.6) is 0 Å². The molecule has 88 valence electrons. The van der Waals surface area contributed by atoms with Crippen LogP contribution >= 0.6 is 0 Å². The molecule has 0 radical (unpaired) electrons. The summed E-state index contributed by atoms with van der Waals surface area (Å²) in [5.74, 6) is 0.914. The monoisotopic (exact) mass is 230 g/mol. The molecule has 0 atom stereocenters. The fourth-order valence-electron chi connectivity index (χ4n) is 1.52. The van der Waals surface area contributed by atoms with Gasteiger partial charge in [0.15, 0.2) is 0 Å². The van der Waals surface area contributed by atoms with Crippen molar-refractivity contribution in [3.63, 3.8) is 0 Å². The Balaban J connectivity index is 2.41. The van der Waals surface area contributed by atoms with Gasteiger partial charge < -0.3 is 16.2 Å². The maximum atomic E-state index is 8.97. The first-order valence-electron chi connectivity index (χ1n) is 5.25. The number of hydrogen-bond acceptors (Lipinski definition) is 5. The summed E-state index contributed by atoms with van der Waals surface area (Å²) in [6.07, 6.45) is 0. The van der Waals surface area contributed by atoms with E-state index in [2.05, 4.69) is 15.3 Å². The molecule has 5 heteroatoms. The lowest BCUT2D eigenvalue weighted by Crippen LogP contribution is -2.01. The van der Waals surface area contributed by atoms with Crippen LogP contribution in [0.2, 0.25) is 0 Å². The summed E-state index contributed by atoms with van der Waals surface area (Å²) >= 11 is 0. The fourth-order valence-corrected chi connectivity index (χ4v) is 1.52. The fraction of sp³-hybridized carbons (Fsp3) is 0.167. The van der Waals surface area contributed by atoms with Gasteiger partial charge in [0, 0.05) is 18.7 Å². The Morgan fingerprint density at radius 1 is 1.24 bits per heavy atom. The van der Waals surface area contributed by atoms with Gasteiger partial charge in [-0.1, -0.05) is 24.3 Å². The topological polar surface area (TPSA) is 84.1 Å². The lowest BCUT2D eigenvalue weighted by molar-refractivity contribution is 0.282. The molecule has 17 heavy (non-hydrogen) atoms. The van der Waals surface area contributed by atoms with Crippen molar-refractivity contribution in [2.75, 3.05) is 18.1 Å². The smallest absolute Gasteiger partial charge is 0.222 e. The summed E-state index contributed by atoms with van der Waals surface area (Å²) in [7, 11) is 1.78. The summed E-state index contributed by atoms with van der Waals surface area (Å²) in [4.78, 5) is 8.20. The van der Waals surface area contributed by atoms with Crippen LogP contribution in [0.3, 0.4) is 0 Å². The van der Waals surface area contributed by atoms with Gasteiger partial charge in [0.25, 0.3) is 0 Å². The quantitative estimate of drug-likeness (QED) is 0.739. The number of nitrogens with two attached hydrogens (primary N) is 1. The molecule has 0 fully saturated rings. The number of aliphatic hydroxyl groups excluding tert-OH is 1. The molecular weight excluding hydrogens is 216 g/mol. The Kier molecular flexibility index (Phi) is 3.20. The van der Waals surface area contributed by atoms with Crippen molar-refractivity contribution in [1.29, 1.82) is 0 Å². The molecule has 0 amide bonds. The van der Waals surface area contributed by atoms with E-state index in [1.165, 1.54) is 0 Å². The molecule has 4 N–H and O–H groups in total. The van der Waals surface area contributed by atoms with Crippen LogP contribution in [0.4, 0.5) is 11.8 Å². The molecule has 1 aromatic carbocycles. The molecular formula is C12H14N4O. The molecule has 2 aromatic rings. The van der Waals surface area contributed by atoms with Gasteiger partial charge in [-0.15, -0.1) is 0 Å². The second-order valence-corrected chi connectivity index (χ2v) is 3.60. The number of aliphatic hydroxyl groups is 1. The number of aromatic nitrogens is 2. The van der Waals surface area contributed by atoms with Crippen molar-refractivity contribution in [3.8, 4) is 11.3 Å². The Morgan fingerprint density at radius 3 is 2.53 bits per heavy atom. The number of nitrogen functional groups attached to an aromatic ring is 1. The van der Waals surface area contributed by atoms with E-state index in [0.717, 1.165) is 16.8 Å². The van der Waals surface area contributed by atoms with Crippen LogP contribution in [0.15, 0.2) is 30.3 Å². The Hall–Kier alpha value is -2.14. The second kappa shape index (κ2) is 4.80. The third-order valence-electron chi connectivity index (χ3n) is 2.43. The van der Waals surface area contributed by atoms with Gasteiger partial charge in [-0.3, -0.25) is 0 Å². The SMILES string of the molecule is CNc1cc(-c2ccc(CO)cc2)nc(N)n1. The van der Waals surface area contributed by atoms with Gasteiger partial charge in [0.1, 0.15) is 5.82 Å². The van der Waals surface area contributed by atoms with E-state index >= 15 is 0 Å². The van der Waals surface area contributed by atoms with E-state index in [4.69, 9.17) is 10.8 Å². The van der Waals surface area contributed by atoms with E-state index < -0.39 is 0 Å². The molecule has 1 aromatic heterocycles. The van der Waals surface area contributed by atoms with Crippen molar-refractivity contribution in [3.05, 3.63) is 35.9 Å². The summed E-state index contributed by atoms with van der Waals surface area (Å²) in [6, 6.07) is 9.32. The van der Waals surface area contributed by atoms with Crippen LogP contribution in [-0.4, -0.2) is 22.1 Å². The van der Waals surface area contributed by atoms with E-state index in [-0.39, 0.29) is 12.6 Å². The summed E-state index contributed by atoms with van der Waals surface area (Å²) in [5.41, 5.74) is 8.19. The standard InChI is InChI=1S/C12H14N4O/c1-14-11-6-10(15-12(13)16-11)9-4-2-8(7-17)3-5-9/h2-6,17H,7H2,1H3,(H3,13,14,15,16). The predicted octanol–water partition coefficient (Wildman–Crippen LogP) is 1.26. The van der Waals surface area contributed by atoms with Gasteiger partial charge in [0.05, 0.1) is 12.3 Å². The zero-order valence-corrected chi connectivity index (χ0v) is 9.51. The summed E-state index contributed by atoms with van der Waals surface area (Å²) < 4.78 is 0. The van der Waals surface area contributed by atoms with Crippen molar-refractivity contribution >= 4 is 11.8 Å². The normalized spacial score (nSPS) is 10.2. The average Bonchev–Trinajstić information content (AvgIpc) is 2.38. The molecule has 0 unspecified atom stereocenters. The number of rotatable bonds is 3. The second-order valence-electron chi connectivity index (χ2n) is 3.60. The highest BCUT2D eigenvalue weighted by Crippen LogP contribution is 2.20. The molecule has 5 nitrogen and oxygen atoms in total. The lowest BCUT2D eigenvalue weighted by atomic mass is 10.1. The van der Waals surface area contributed by atoms with Gasteiger partial charge in [-0.05, 0) is 5.56 Å². The molecule has 0 bridgehead atoms.